The molecular weight excluding hydrogens is 380 g/mol. The van der Waals surface area contributed by atoms with Gasteiger partial charge in [-0.05, 0) is 37.5 Å². The van der Waals surface area contributed by atoms with E-state index in [0.717, 1.165) is 49.6 Å². The van der Waals surface area contributed by atoms with Gasteiger partial charge < -0.3 is 12.4 Å². The molecule has 0 fully saturated rings. The van der Waals surface area contributed by atoms with E-state index in [1.807, 2.05) is 4.57 Å². The molecule has 2 heterocycles. The monoisotopic (exact) mass is 398 g/mol. The molecule has 0 radical (unpaired) electrons. The molecule has 1 aliphatic heterocycles. The van der Waals surface area contributed by atoms with Crippen molar-refractivity contribution in [2.45, 2.75) is 44.9 Å². The highest BCUT2D eigenvalue weighted by molar-refractivity contribution is 5.74. The van der Waals surface area contributed by atoms with Crippen LogP contribution >= 0.6 is 0 Å². The quantitative estimate of drug-likeness (QED) is 0.460. The summed E-state index contributed by atoms with van der Waals surface area (Å²) in [7, 11) is 0. The lowest BCUT2D eigenvalue weighted by atomic mass is 10.1. The van der Waals surface area contributed by atoms with Gasteiger partial charge in [-0.2, -0.15) is 13.2 Å². The fourth-order valence-electron chi connectivity index (χ4n) is 3.79. The minimum atomic E-state index is -4.40. The molecule has 0 aliphatic carbocycles. The molecule has 0 amide bonds. The van der Waals surface area contributed by atoms with E-state index in [2.05, 4.69) is 4.57 Å². The van der Waals surface area contributed by atoms with Gasteiger partial charge in [-0.15, -0.1) is 0 Å². The van der Waals surface area contributed by atoms with Crippen molar-refractivity contribution in [3.63, 3.8) is 0 Å². The van der Waals surface area contributed by atoms with Gasteiger partial charge in [0.1, 0.15) is 12.4 Å². The highest BCUT2D eigenvalue weighted by Gasteiger charge is 2.34. The van der Waals surface area contributed by atoms with Crippen molar-refractivity contribution in [1.29, 1.82) is 0 Å². The zero-order valence-corrected chi connectivity index (χ0v) is 15.3. The number of benzene rings is 2. The maximum atomic E-state index is 14.2. The normalized spacial score (nSPS) is 14.5. The molecule has 7 heteroatoms. The highest BCUT2D eigenvalue weighted by Crippen LogP contribution is 2.32. The third-order valence-corrected chi connectivity index (χ3v) is 5.08. The average Bonchev–Trinajstić information content (AvgIpc) is 2.75. The Morgan fingerprint density at radius 3 is 2.52 bits per heavy atom. The van der Waals surface area contributed by atoms with Crippen molar-refractivity contribution >= 4 is 11.0 Å². The first-order valence-corrected chi connectivity index (χ1v) is 8.81. The molecule has 2 nitrogen and oxygen atoms in total. The molecule has 0 N–H and O–H groups in total. The fraction of sp³-hybridized carbons (Fsp3) is 0.350. The van der Waals surface area contributed by atoms with Crippen LogP contribution in [0.15, 0.2) is 42.5 Å². The van der Waals surface area contributed by atoms with Gasteiger partial charge in [0.05, 0.1) is 12.1 Å². The van der Waals surface area contributed by atoms with Gasteiger partial charge in [-0.25, -0.2) is 13.5 Å². The van der Waals surface area contributed by atoms with Crippen LogP contribution in [0.2, 0.25) is 0 Å². The molecule has 3 aromatic rings. The first-order chi connectivity index (χ1) is 12.4. The third-order valence-electron chi connectivity index (χ3n) is 5.08. The van der Waals surface area contributed by atoms with E-state index in [1.165, 1.54) is 12.1 Å². The number of aromatic nitrogens is 2. The number of fused-ring (bicyclic) bond motifs is 3. The standard InChI is InChI=1S/C20H19F4N2.ClH/c21-16-7-4-3-6-14(16)13-26-18-12-15(20(22,23)24)9-10-17(18)25-11-5-1-2-8-19(25)26;/h3-4,6-7,9-10,12H,1-2,5,8,11,13H2;1H/q+1;/p-1. The smallest absolute Gasteiger partial charge is 0.416 e. The van der Waals surface area contributed by atoms with E-state index in [9.17, 15) is 17.6 Å². The summed E-state index contributed by atoms with van der Waals surface area (Å²) in [6.45, 7) is 1.01. The lowest BCUT2D eigenvalue weighted by molar-refractivity contribution is -0.678. The second-order valence-corrected chi connectivity index (χ2v) is 6.76. The van der Waals surface area contributed by atoms with Crippen molar-refractivity contribution < 1.29 is 34.5 Å². The van der Waals surface area contributed by atoms with Crippen LogP contribution in [0.5, 0.6) is 0 Å². The summed E-state index contributed by atoms with van der Waals surface area (Å²) in [5, 5.41) is 0. The number of nitrogens with zero attached hydrogens (tertiary/aromatic N) is 2. The molecular formula is C20H19ClF4N2. The maximum Gasteiger partial charge on any atom is 0.416 e. The molecule has 0 bridgehead atoms. The molecule has 0 unspecified atom stereocenters. The van der Waals surface area contributed by atoms with Crippen LogP contribution in [0.3, 0.4) is 0 Å². The van der Waals surface area contributed by atoms with Crippen LogP contribution in [-0.4, -0.2) is 4.57 Å². The maximum absolute atomic E-state index is 14.2. The molecule has 144 valence electrons. The van der Waals surface area contributed by atoms with Crippen LogP contribution < -0.4 is 17.0 Å². The average molecular weight is 399 g/mol. The summed E-state index contributed by atoms with van der Waals surface area (Å²) in [4.78, 5) is 0. The Morgan fingerprint density at radius 1 is 1.00 bits per heavy atom. The van der Waals surface area contributed by atoms with E-state index < -0.39 is 11.7 Å². The molecule has 0 saturated carbocycles. The molecule has 0 atom stereocenters. The van der Waals surface area contributed by atoms with Gasteiger partial charge in [0.2, 0.25) is 0 Å². The van der Waals surface area contributed by atoms with Crippen LogP contribution in [0.1, 0.15) is 36.2 Å². The van der Waals surface area contributed by atoms with Crippen LogP contribution in [0, 0.1) is 5.82 Å². The van der Waals surface area contributed by atoms with Crippen molar-refractivity contribution in [2.75, 3.05) is 0 Å². The van der Waals surface area contributed by atoms with Gasteiger partial charge in [-0.1, -0.05) is 18.2 Å². The lowest BCUT2D eigenvalue weighted by Gasteiger charge is -2.07. The minimum absolute atomic E-state index is 0. The summed E-state index contributed by atoms with van der Waals surface area (Å²) in [6.07, 6.45) is -0.547. The Kier molecular flexibility index (Phi) is 5.47. The molecule has 4 rings (SSSR count). The molecule has 0 spiro atoms. The summed E-state index contributed by atoms with van der Waals surface area (Å²) in [5.74, 6) is 0.633. The minimum Gasteiger partial charge on any atom is -1.00 e. The number of hydrogen-bond acceptors (Lipinski definition) is 0. The van der Waals surface area contributed by atoms with Crippen molar-refractivity contribution in [1.82, 2.24) is 4.57 Å². The number of hydrogen-bond donors (Lipinski definition) is 0. The van der Waals surface area contributed by atoms with E-state index in [0.29, 0.717) is 11.1 Å². The molecule has 27 heavy (non-hydrogen) atoms. The van der Waals surface area contributed by atoms with E-state index in [-0.39, 0.29) is 24.8 Å². The van der Waals surface area contributed by atoms with Gasteiger partial charge in [-0.3, -0.25) is 0 Å². The summed E-state index contributed by atoms with van der Waals surface area (Å²) in [6, 6.07) is 10.3. The first-order valence-electron chi connectivity index (χ1n) is 8.81. The topological polar surface area (TPSA) is 8.81 Å². The molecule has 1 aliphatic rings. The zero-order valence-electron chi connectivity index (χ0n) is 14.6. The Bertz CT molecular complexity index is 963. The molecule has 2 aromatic carbocycles. The summed E-state index contributed by atoms with van der Waals surface area (Å²) < 4.78 is 57.8. The predicted octanol–water partition coefficient (Wildman–Crippen LogP) is 1.87. The lowest BCUT2D eigenvalue weighted by Crippen LogP contribution is -3.00. The first kappa shape index (κ1) is 19.7. The van der Waals surface area contributed by atoms with Gasteiger partial charge in [0.25, 0.3) is 5.82 Å². The van der Waals surface area contributed by atoms with Gasteiger partial charge >= 0.3 is 6.18 Å². The van der Waals surface area contributed by atoms with Gasteiger partial charge in [0, 0.05) is 18.1 Å². The van der Waals surface area contributed by atoms with E-state index in [4.69, 9.17) is 0 Å². The Labute approximate surface area is 160 Å². The molecule has 1 aromatic heterocycles. The van der Waals surface area contributed by atoms with E-state index >= 15 is 0 Å². The predicted molar refractivity (Wildman–Crippen MR) is 90.2 cm³/mol. The number of alkyl halides is 3. The van der Waals surface area contributed by atoms with Crippen LogP contribution in [0.4, 0.5) is 17.6 Å². The van der Waals surface area contributed by atoms with Crippen molar-refractivity contribution in [3.8, 4) is 0 Å². The highest BCUT2D eigenvalue weighted by atomic mass is 35.5. The summed E-state index contributed by atoms with van der Waals surface area (Å²) >= 11 is 0. The van der Waals surface area contributed by atoms with Crippen molar-refractivity contribution in [3.05, 3.63) is 65.2 Å². The number of imidazole rings is 1. The number of aryl methyl sites for hydroxylation is 1. The van der Waals surface area contributed by atoms with E-state index in [1.54, 1.807) is 24.3 Å². The zero-order chi connectivity index (χ0) is 18.3. The largest absolute Gasteiger partial charge is 1.00 e. The summed E-state index contributed by atoms with van der Waals surface area (Å²) in [5.41, 5.74) is 1.11. The third kappa shape index (κ3) is 3.68. The Hall–Kier alpha value is -2.08. The second-order valence-electron chi connectivity index (χ2n) is 6.76. The fourth-order valence-corrected chi connectivity index (χ4v) is 3.79. The van der Waals surface area contributed by atoms with Crippen LogP contribution in [-0.2, 0) is 25.7 Å². The Balaban J connectivity index is 0.00000210. The second kappa shape index (κ2) is 7.50. The van der Waals surface area contributed by atoms with Crippen LogP contribution in [0.25, 0.3) is 11.0 Å². The Morgan fingerprint density at radius 2 is 1.78 bits per heavy atom. The number of halogens is 5. The van der Waals surface area contributed by atoms with Gasteiger partial charge in [0.15, 0.2) is 11.0 Å². The SMILES string of the molecule is Fc1ccccc1Cn1c2[n+](c3ccc(C(F)(F)F)cc31)CCCCC2.[Cl-]. The number of rotatable bonds is 2. The van der Waals surface area contributed by atoms with Crippen molar-refractivity contribution in [2.24, 2.45) is 0 Å². The molecule has 0 saturated heterocycles.